The van der Waals surface area contributed by atoms with Gasteiger partial charge in [0, 0.05) is 10.7 Å². The average Bonchev–Trinajstić information content (AvgIpc) is 2.49. The predicted octanol–water partition coefficient (Wildman–Crippen LogP) is 4.56. The third-order valence-electron chi connectivity index (χ3n) is 2.99. The Bertz CT molecular complexity index is 699. The number of aryl methyl sites for hydroxylation is 1. The third-order valence-corrected chi connectivity index (χ3v) is 3.71. The van der Waals surface area contributed by atoms with Crippen LogP contribution in [0.5, 0.6) is 5.75 Å². The second kappa shape index (κ2) is 7.66. The van der Waals surface area contributed by atoms with E-state index >= 15 is 0 Å². The van der Waals surface area contributed by atoms with Gasteiger partial charge in [-0.05, 0) is 42.3 Å². The van der Waals surface area contributed by atoms with Crippen LogP contribution in [0.25, 0.3) is 6.08 Å². The molecule has 0 heterocycles. The maximum absolute atomic E-state index is 11.9. The lowest BCUT2D eigenvalue weighted by atomic mass is 10.2. The minimum Gasteiger partial charge on any atom is -0.495 e. The van der Waals surface area contributed by atoms with Gasteiger partial charge in [-0.25, -0.2) is 4.79 Å². The Morgan fingerprint density at radius 2 is 2.00 bits per heavy atom. The zero-order valence-corrected chi connectivity index (χ0v) is 14.0. The number of hydrogen-bond donors (Lipinski definition) is 2. The van der Waals surface area contributed by atoms with Crippen molar-refractivity contribution in [3.63, 3.8) is 0 Å². The molecule has 2 amide bonds. The maximum atomic E-state index is 11.9. The van der Waals surface area contributed by atoms with Gasteiger partial charge in [0.15, 0.2) is 0 Å². The molecule has 2 aromatic carbocycles. The van der Waals surface area contributed by atoms with E-state index in [4.69, 9.17) is 4.74 Å². The molecule has 2 rings (SSSR count). The number of rotatable bonds is 4. The molecule has 0 aliphatic heterocycles. The highest BCUT2D eigenvalue weighted by atomic mass is 79.9. The molecule has 0 spiro atoms. The van der Waals surface area contributed by atoms with Crippen LogP contribution >= 0.6 is 15.9 Å². The van der Waals surface area contributed by atoms with Crippen LogP contribution in [-0.2, 0) is 0 Å². The van der Waals surface area contributed by atoms with Crippen LogP contribution in [0.2, 0.25) is 0 Å². The van der Waals surface area contributed by atoms with Crippen molar-refractivity contribution in [3.05, 3.63) is 64.3 Å². The second-order valence-electron chi connectivity index (χ2n) is 4.66. The van der Waals surface area contributed by atoms with Gasteiger partial charge in [-0.2, -0.15) is 0 Å². The molecular formula is C17H17BrN2O2. The normalized spacial score (nSPS) is 10.5. The lowest BCUT2D eigenvalue weighted by Crippen LogP contribution is -2.24. The molecule has 2 aromatic rings. The van der Waals surface area contributed by atoms with Crippen LogP contribution < -0.4 is 15.4 Å². The third kappa shape index (κ3) is 4.36. The van der Waals surface area contributed by atoms with Crippen molar-refractivity contribution in [1.82, 2.24) is 5.32 Å². The highest BCUT2D eigenvalue weighted by Crippen LogP contribution is 2.25. The van der Waals surface area contributed by atoms with Crippen molar-refractivity contribution in [2.75, 3.05) is 12.4 Å². The van der Waals surface area contributed by atoms with Gasteiger partial charge < -0.3 is 15.4 Å². The molecule has 0 fully saturated rings. The molecule has 0 aromatic heterocycles. The van der Waals surface area contributed by atoms with E-state index in [1.165, 1.54) is 0 Å². The summed E-state index contributed by atoms with van der Waals surface area (Å²) in [5.74, 6) is 0.621. The van der Waals surface area contributed by atoms with E-state index in [0.29, 0.717) is 11.4 Å². The number of carbonyl (C=O) groups excluding carboxylic acids is 1. The summed E-state index contributed by atoms with van der Waals surface area (Å²) in [4.78, 5) is 11.9. The van der Waals surface area contributed by atoms with Gasteiger partial charge in [0.2, 0.25) is 0 Å². The SMILES string of the molecule is COc1ccc(C)cc1NC(=O)N/C=C/c1ccccc1Br. The van der Waals surface area contributed by atoms with E-state index in [1.54, 1.807) is 13.3 Å². The Balaban J connectivity index is 1.99. The first kappa shape index (κ1) is 16.1. The van der Waals surface area contributed by atoms with Crippen molar-refractivity contribution in [3.8, 4) is 5.75 Å². The molecule has 0 radical (unpaired) electrons. The molecule has 0 saturated heterocycles. The Morgan fingerprint density at radius 1 is 1.23 bits per heavy atom. The Labute approximate surface area is 138 Å². The number of amides is 2. The number of anilines is 1. The molecule has 114 valence electrons. The molecular weight excluding hydrogens is 344 g/mol. The molecule has 5 heteroatoms. The van der Waals surface area contributed by atoms with Crippen molar-refractivity contribution in [2.45, 2.75) is 6.92 Å². The monoisotopic (exact) mass is 360 g/mol. The van der Waals surface area contributed by atoms with Crippen LogP contribution in [0, 0.1) is 6.92 Å². The fraction of sp³-hybridized carbons (Fsp3) is 0.118. The highest BCUT2D eigenvalue weighted by Gasteiger charge is 2.06. The lowest BCUT2D eigenvalue weighted by molar-refractivity contribution is 0.255. The van der Waals surface area contributed by atoms with E-state index in [1.807, 2.05) is 55.5 Å². The van der Waals surface area contributed by atoms with Crippen molar-refractivity contribution < 1.29 is 9.53 Å². The number of urea groups is 1. The number of carbonyl (C=O) groups is 1. The molecule has 22 heavy (non-hydrogen) atoms. The Kier molecular flexibility index (Phi) is 5.61. The molecule has 0 atom stereocenters. The van der Waals surface area contributed by atoms with Crippen molar-refractivity contribution >= 4 is 33.7 Å². The summed E-state index contributed by atoms with van der Waals surface area (Å²) in [6.45, 7) is 1.95. The van der Waals surface area contributed by atoms with Gasteiger partial charge in [-0.15, -0.1) is 0 Å². The van der Waals surface area contributed by atoms with Gasteiger partial charge >= 0.3 is 6.03 Å². The van der Waals surface area contributed by atoms with Crippen molar-refractivity contribution in [2.24, 2.45) is 0 Å². The molecule has 0 bridgehead atoms. The van der Waals surface area contributed by atoms with E-state index in [2.05, 4.69) is 26.6 Å². The molecule has 0 saturated carbocycles. The summed E-state index contributed by atoms with van der Waals surface area (Å²) in [7, 11) is 1.57. The summed E-state index contributed by atoms with van der Waals surface area (Å²) in [6, 6.07) is 13.0. The van der Waals surface area contributed by atoms with Gasteiger partial charge in [0.05, 0.1) is 12.8 Å². The van der Waals surface area contributed by atoms with E-state index in [-0.39, 0.29) is 6.03 Å². The number of ether oxygens (including phenoxy) is 1. The van der Waals surface area contributed by atoms with Gasteiger partial charge in [-0.1, -0.05) is 40.2 Å². The predicted molar refractivity (Wildman–Crippen MR) is 93.1 cm³/mol. The van der Waals surface area contributed by atoms with E-state index in [0.717, 1.165) is 15.6 Å². The molecule has 4 nitrogen and oxygen atoms in total. The highest BCUT2D eigenvalue weighted by molar-refractivity contribution is 9.10. The van der Waals surface area contributed by atoms with Crippen LogP contribution in [0.3, 0.4) is 0 Å². The topological polar surface area (TPSA) is 50.4 Å². The number of nitrogens with one attached hydrogen (secondary N) is 2. The summed E-state index contributed by atoms with van der Waals surface area (Å²) >= 11 is 3.45. The fourth-order valence-corrected chi connectivity index (χ4v) is 2.31. The van der Waals surface area contributed by atoms with Gasteiger partial charge in [0.1, 0.15) is 5.75 Å². The van der Waals surface area contributed by atoms with Crippen LogP contribution in [0.4, 0.5) is 10.5 Å². The zero-order valence-electron chi connectivity index (χ0n) is 12.4. The van der Waals surface area contributed by atoms with Crippen LogP contribution in [0.15, 0.2) is 53.1 Å². The first-order valence-electron chi connectivity index (χ1n) is 6.73. The van der Waals surface area contributed by atoms with E-state index < -0.39 is 0 Å². The standard InChI is InChI=1S/C17H17BrN2O2/c1-12-7-8-16(22-2)15(11-12)20-17(21)19-10-9-13-5-3-4-6-14(13)18/h3-11H,1-2H3,(H2,19,20,21)/b10-9+. The quantitative estimate of drug-likeness (QED) is 0.839. The minimum absolute atomic E-state index is 0.327. The molecule has 0 aliphatic rings. The average molecular weight is 361 g/mol. The molecule has 0 aliphatic carbocycles. The smallest absolute Gasteiger partial charge is 0.323 e. The van der Waals surface area contributed by atoms with Crippen molar-refractivity contribution in [1.29, 1.82) is 0 Å². The van der Waals surface area contributed by atoms with Gasteiger partial charge in [-0.3, -0.25) is 0 Å². The molecule has 0 unspecified atom stereocenters. The first-order valence-corrected chi connectivity index (χ1v) is 7.52. The number of benzene rings is 2. The summed E-state index contributed by atoms with van der Waals surface area (Å²) in [6.07, 6.45) is 3.41. The lowest BCUT2D eigenvalue weighted by Gasteiger charge is -2.10. The fourth-order valence-electron chi connectivity index (χ4n) is 1.90. The largest absolute Gasteiger partial charge is 0.495 e. The second-order valence-corrected chi connectivity index (χ2v) is 5.51. The maximum Gasteiger partial charge on any atom is 0.323 e. The summed E-state index contributed by atoms with van der Waals surface area (Å²) < 4.78 is 6.19. The van der Waals surface area contributed by atoms with E-state index in [9.17, 15) is 4.79 Å². The summed E-state index contributed by atoms with van der Waals surface area (Å²) in [5.41, 5.74) is 2.66. The van der Waals surface area contributed by atoms with Crippen LogP contribution in [0.1, 0.15) is 11.1 Å². The number of hydrogen-bond acceptors (Lipinski definition) is 2. The Hall–Kier alpha value is -2.27. The van der Waals surface area contributed by atoms with Crippen LogP contribution in [-0.4, -0.2) is 13.1 Å². The molecule has 2 N–H and O–H groups in total. The zero-order chi connectivity index (χ0) is 15.9. The number of methoxy groups -OCH3 is 1. The van der Waals surface area contributed by atoms with Gasteiger partial charge in [0.25, 0.3) is 0 Å². The Morgan fingerprint density at radius 3 is 2.73 bits per heavy atom. The summed E-state index contributed by atoms with van der Waals surface area (Å²) in [5, 5.41) is 5.44. The first-order chi connectivity index (χ1) is 10.6. The minimum atomic E-state index is -0.327. The number of halogens is 1.